The number of anilines is 2. The largest absolute Gasteiger partial charge is 0.379 e. The first-order valence-corrected chi connectivity index (χ1v) is 7.60. The minimum Gasteiger partial charge on any atom is -0.379 e. The molecule has 5 heteroatoms. The molecule has 2 unspecified atom stereocenters. The van der Waals surface area contributed by atoms with Crippen molar-refractivity contribution in [1.82, 2.24) is 0 Å². The zero-order valence-electron chi connectivity index (χ0n) is 12.5. The highest BCUT2D eigenvalue weighted by atomic mass is 16.5. The van der Waals surface area contributed by atoms with Crippen LogP contribution in [-0.4, -0.2) is 38.3 Å². The molecule has 2 fully saturated rings. The predicted octanol–water partition coefficient (Wildman–Crippen LogP) is 1.59. The monoisotopic (exact) mass is 289 g/mol. The molecule has 0 radical (unpaired) electrons. The Labute approximate surface area is 125 Å². The highest BCUT2D eigenvalue weighted by Crippen LogP contribution is 2.32. The molecule has 0 bridgehead atoms. The Morgan fingerprint density at radius 1 is 1.38 bits per heavy atom. The quantitative estimate of drug-likeness (QED) is 0.886. The van der Waals surface area contributed by atoms with E-state index in [1.165, 1.54) is 12.8 Å². The third kappa shape index (κ3) is 2.63. The number of nitrogens with two attached hydrogens (primary N) is 1. The van der Waals surface area contributed by atoms with Crippen LogP contribution in [0, 0.1) is 5.41 Å². The summed E-state index contributed by atoms with van der Waals surface area (Å²) in [4.78, 5) is 14.9. The Hall–Kier alpha value is -1.59. The van der Waals surface area contributed by atoms with Crippen LogP contribution in [0.15, 0.2) is 24.3 Å². The Bertz CT molecular complexity index is 528. The second kappa shape index (κ2) is 5.66. The van der Waals surface area contributed by atoms with E-state index in [9.17, 15) is 4.79 Å². The molecule has 5 nitrogen and oxygen atoms in total. The van der Waals surface area contributed by atoms with Crippen LogP contribution in [0.3, 0.4) is 0 Å². The minimum absolute atomic E-state index is 0.0563. The smallest absolute Gasteiger partial charge is 0.234 e. The summed E-state index contributed by atoms with van der Waals surface area (Å²) in [5.74, 6) is -0.0563. The number of carbonyl (C=O) groups excluding carboxylic acids is 1. The Kier molecular flexibility index (Phi) is 3.87. The Morgan fingerprint density at radius 3 is 2.76 bits per heavy atom. The number of hydrogen-bond donors (Lipinski definition) is 2. The maximum absolute atomic E-state index is 12.6. The lowest BCUT2D eigenvalue weighted by Crippen LogP contribution is -2.47. The van der Waals surface area contributed by atoms with E-state index in [1.54, 1.807) is 0 Å². The number of nitrogens with zero attached hydrogens (tertiary/aromatic N) is 1. The molecule has 0 spiro atoms. The van der Waals surface area contributed by atoms with Crippen molar-refractivity contribution in [1.29, 1.82) is 0 Å². The summed E-state index contributed by atoms with van der Waals surface area (Å²) in [5.41, 5.74) is 7.34. The Morgan fingerprint density at radius 2 is 2.10 bits per heavy atom. The highest BCUT2D eigenvalue weighted by molar-refractivity contribution is 5.98. The maximum Gasteiger partial charge on any atom is 0.234 e. The van der Waals surface area contributed by atoms with Crippen LogP contribution in [0.25, 0.3) is 0 Å². The molecule has 3 N–H and O–H groups in total. The number of carbonyl (C=O) groups is 1. The molecule has 21 heavy (non-hydrogen) atoms. The minimum atomic E-state index is -0.655. The van der Waals surface area contributed by atoms with Gasteiger partial charge in [-0.2, -0.15) is 0 Å². The van der Waals surface area contributed by atoms with Gasteiger partial charge in [0.05, 0.1) is 30.0 Å². The molecular weight excluding hydrogens is 266 g/mol. The molecular formula is C16H23N3O2. The van der Waals surface area contributed by atoms with Crippen molar-refractivity contribution >= 4 is 17.3 Å². The van der Waals surface area contributed by atoms with Gasteiger partial charge in [-0.3, -0.25) is 4.79 Å². The first-order chi connectivity index (χ1) is 10.1. The maximum atomic E-state index is 12.6. The summed E-state index contributed by atoms with van der Waals surface area (Å²) in [5, 5.41) is 3.06. The van der Waals surface area contributed by atoms with E-state index in [0.717, 1.165) is 24.5 Å². The fraction of sp³-hybridized carbons (Fsp3) is 0.562. The third-order valence-corrected chi connectivity index (χ3v) is 4.64. The van der Waals surface area contributed by atoms with E-state index in [1.807, 2.05) is 25.1 Å². The lowest BCUT2D eigenvalue weighted by Gasteiger charge is -2.27. The van der Waals surface area contributed by atoms with Gasteiger partial charge in [0.15, 0.2) is 0 Å². The third-order valence-electron chi connectivity index (χ3n) is 4.64. The van der Waals surface area contributed by atoms with E-state index < -0.39 is 5.41 Å². The molecule has 1 amide bonds. The number of amides is 1. The number of ether oxygens (including phenoxy) is 1. The van der Waals surface area contributed by atoms with Crippen LogP contribution in [-0.2, 0) is 9.53 Å². The van der Waals surface area contributed by atoms with E-state index in [2.05, 4.69) is 16.3 Å². The van der Waals surface area contributed by atoms with E-state index >= 15 is 0 Å². The normalized spacial score (nSPS) is 28.9. The average molecular weight is 289 g/mol. The molecule has 3 rings (SSSR count). The van der Waals surface area contributed by atoms with Crippen LogP contribution >= 0.6 is 0 Å². The number of benzene rings is 1. The zero-order valence-corrected chi connectivity index (χ0v) is 12.5. The topological polar surface area (TPSA) is 67.6 Å². The first kappa shape index (κ1) is 14.4. The van der Waals surface area contributed by atoms with Gasteiger partial charge in [0.2, 0.25) is 5.91 Å². The van der Waals surface area contributed by atoms with Gasteiger partial charge in [-0.15, -0.1) is 0 Å². The van der Waals surface area contributed by atoms with Gasteiger partial charge < -0.3 is 20.7 Å². The molecule has 2 aliphatic rings. The molecule has 0 aromatic heterocycles. The van der Waals surface area contributed by atoms with E-state index in [-0.39, 0.29) is 11.9 Å². The molecule has 1 aromatic carbocycles. The van der Waals surface area contributed by atoms with E-state index in [0.29, 0.717) is 13.2 Å². The standard InChI is InChI=1S/C16H23N3O2/c1-16(11-21-10-14(16)17)15(20)18-12-6-2-3-7-13(12)19-8-4-5-9-19/h2-3,6-7,14H,4-5,8-11,17H2,1H3,(H,18,20). The first-order valence-electron chi connectivity index (χ1n) is 7.60. The van der Waals surface area contributed by atoms with Crippen molar-refractivity contribution in [3.8, 4) is 0 Å². The van der Waals surface area contributed by atoms with Crippen molar-refractivity contribution < 1.29 is 9.53 Å². The van der Waals surface area contributed by atoms with Gasteiger partial charge in [0, 0.05) is 19.1 Å². The lowest BCUT2D eigenvalue weighted by molar-refractivity contribution is -0.125. The van der Waals surface area contributed by atoms with Crippen molar-refractivity contribution in [3.05, 3.63) is 24.3 Å². The molecule has 2 saturated heterocycles. The second-order valence-corrected chi connectivity index (χ2v) is 6.20. The summed E-state index contributed by atoms with van der Waals surface area (Å²) in [6, 6.07) is 7.72. The fourth-order valence-corrected chi connectivity index (χ4v) is 3.00. The van der Waals surface area contributed by atoms with Gasteiger partial charge in [-0.1, -0.05) is 12.1 Å². The van der Waals surface area contributed by atoms with Gasteiger partial charge in [0.1, 0.15) is 0 Å². The number of rotatable bonds is 3. The number of nitrogens with one attached hydrogen (secondary N) is 1. The number of hydrogen-bond acceptors (Lipinski definition) is 4. The van der Waals surface area contributed by atoms with Crippen molar-refractivity contribution in [3.63, 3.8) is 0 Å². The van der Waals surface area contributed by atoms with Crippen LogP contribution in [0.4, 0.5) is 11.4 Å². The van der Waals surface area contributed by atoms with Crippen molar-refractivity contribution in [2.45, 2.75) is 25.8 Å². The van der Waals surface area contributed by atoms with Crippen molar-refractivity contribution in [2.24, 2.45) is 11.1 Å². The van der Waals surface area contributed by atoms with Crippen LogP contribution in [0.5, 0.6) is 0 Å². The zero-order chi connectivity index (χ0) is 14.9. The lowest BCUT2D eigenvalue weighted by atomic mass is 9.85. The summed E-state index contributed by atoms with van der Waals surface area (Å²) >= 11 is 0. The van der Waals surface area contributed by atoms with Gasteiger partial charge in [0.25, 0.3) is 0 Å². The molecule has 114 valence electrons. The van der Waals surface area contributed by atoms with Gasteiger partial charge >= 0.3 is 0 Å². The fourth-order valence-electron chi connectivity index (χ4n) is 3.00. The average Bonchev–Trinajstić information content (AvgIpc) is 3.11. The SMILES string of the molecule is CC1(C(=O)Nc2ccccc2N2CCCC2)COCC1N. The van der Waals surface area contributed by atoms with Gasteiger partial charge in [-0.05, 0) is 31.9 Å². The summed E-state index contributed by atoms with van der Waals surface area (Å²) < 4.78 is 5.36. The van der Waals surface area contributed by atoms with Crippen LogP contribution in [0.1, 0.15) is 19.8 Å². The highest BCUT2D eigenvalue weighted by Gasteiger charge is 2.44. The Balaban J connectivity index is 1.80. The molecule has 2 atom stereocenters. The molecule has 1 aromatic rings. The molecule has 2 aliphatic heterocycles. The predicted molar refractivity (Wildman–Crippen MR) is 83.4 cm³/mol. The second-order valence-electron chi connectivity index (χ2n) is 6.20. The van der Waals surface area contributed by atoms with Crippen LogP contribution in [0.2, 0.25) is 0 Å². The molecule has 2 heterocycles. The van der Waals surface area contributed by atoms with Gasteiger partial charge in [-0.25, -0.2) is 0 Å². The number of para-hydroxylation sites is 2. The summed E-state index contributed by atoms with van der Waals surface area (Å²) in [6.45, 7) is 4.79. The van der Waals surface area contributed by atoms with Crippen LogP contribution < -0.4 is 16.0 Å². The summed E-state index contributed by atoms with van der Waals surface area (Å²) in [7, 11) is 0. The van der Waals surface area contributed by atoms with E-state index in [4.69, 9.17) is 10.5 Å². The molecule has 0 aliphatic carbocycles. The summed E-state index contributed by atoms with van der Waals surface area (Å²) in [6.07, 6.45) is 2.41. The molecule has 0 saturated carbocycles. The van der Waals surface area contributed by atoms with Crippen molar-refractivity contribution in [2.75, 3.05) is 36.5 Å².